The summed E-state index contributed by atoms with van der Waals surface area (Å²) in [6.45, 7) is 3.03. The second-order valence-electron chi connectivity index (χ2n) is 9.85. The first kappa shape index (κ1) is 28.1. The summed E-state index contributed by atoms with van der Waals surface area (Å²) in [5.41, 5.74) is 6.97. The zero-order valence-electron chi connectivity index (χ0n) is 21.8. The maximum Gasteiger partial charge on any atom is 0.241 e. The number of hydrogen-bond acceptors (Lipinski definition) is 5. The largest absolute Gasteiger partial charge is 0.370 e. The molecule has 0 saturated carbocycles. The minimum absolute atomic E-state index is 0.00904. The Labute approximate surface area is 228 Å². The monoisotopic (exact) mass is 550 g/mol. The van der Waals surface area contributed by atoms with Crippen LogP contribution >= 0.6 is 0 Å². The third kappa shape index (κ3) is 7.55. The van der Waals surface area contributed by atoms with E-state index in [1.807, 2.05) is 24.3 Å². The van der Waals surface area contributed by atoms with Crippen molar-refractivity contribution in [3.8, 4) is 0 Å². The molecule has 0 aromatic heterocycles. The summed E-state index contributed by atoms with van der Waals surface area (Å²) >= 11 is 0. The van der Waals surface area contributed by atoms with E-state index in [0.29, 0.717) is 25.3 Å². The van der Waals surface area contributed by atoms with Gasteiger partial charge in [-0.3, -0.25) is 15.0 Å². The molecule has 6 N–H and O–H groups in total. The van der Waals surface area contributed by atoms with E-state index in [0.717, 1.165) is 29.2 Å². The van der Waals surface area contributed by atoms with Gasteiger partial charge in [-0.25, -0.2) is 8.42 Å². The summed E-state index contributed by atoms with van der Waals surface area (Å²) in [5, 5.41) is 15.0. The van der Waals surface area contributed by atoms with Crippen LogP contribution in [-0.2, 0) is 26.0 Å². The summed E-state index contributed by atoms with van der Waals surface area (Å²) in [5.74, 6) is -0.532. The summed E-state index contributed by atoms with van der Waals surface area (Å²) in [4.78, 5) is 26.5. The van der Waals surface area contributed by atoms with Crippen LogP contribution in [0.4, 0.5) is 5.69 Å². The Hall–Kier alpha value is -3.96. The molecule has 0 radical (unpaired) electrons. The van der Waals surface area contributed by atoms with Gasteiger partial charge in [0.25, 0.3) is 0 Å². The molecule has 1 heterocycles. The van der Waals surface area contributed by atoms with Crippen molar-refractivity contribution in [2.75, 3.05) is 25.0 Å². The normalized spacial score (nSPS) is 16.4. The first-order chi connectivity index (χ1) is 18.6. The van der Waals surface area contributed by atoms with E-state index in [4.69, 9.17) is 11.1 Å². The van der Waals surface area contributed by atoms with Crippen LogP contribution in [0.5, 0.6) is 0 Å². The second kappa shape index (κ2) is 12.3. The predicted molar refractivity (Wildman–Crippen MR) is 152 cm³/mol. The van der Waals surface area contributed by atoms with Gasteiger partial charge < -0.3 is 21.3 Å². The number of carbonyl (C=O) groups excluding carboxylic acids is 2. The van der Waals surface area contributed by atoms with Crippen LogP contribution in [0.3, 0.4) is 0 Å². The third-order valence-electron chi connectivity index (χ3n) is 6.78. The number of piperidine rings is 1. The van der Waals surface area contributed by atoms with Gasteiger partial charge in [-0.15, -0.1) is 0 Å². The van der Waals surface area contributed by atoms with E-state index in [1.165, 1.54) is 13.0 Å². The van der Waals surface area contributed by atoms with Crippen LogP contribution in [-0.4, -0.2) is 56.8 Å². The van der Waals surface area contributed by atoms with Crippen molar-refractivity contribution < 1.29 is 18.0 Å². The van der Waals surface area contributed by atoms with E-state index in [2.05, 4.69) is 15.4 Å². The fourth-order valence-electron chi connectivity index (χ4n) is 4.76. The molecule has 2 atom stereocenters. The number of nitrogens with one attached hydrogen (secondary N) is 4. The molecular weight excluding hydrogens is 516 g/mol. The Morgan fingerprint density at radius 1 is 1.08 bits per heavy atom. The van der Waals surface area contributed by atoms with Crippen molar-refractivity contribution in [2.24, 2.45) is 11.7 Å². The molecule has 39 heavy (non-hydrogen) atoms. The zero-order valence-corrected chi connectivity index (χ0v) is 22.6. The molecule has 4 rings (SSSR count). The third-order valence-corrected chi connectivity index (χ3v) is 8.25. The fraction of sp³-hybridized carbons (Fsp3) is 0.321. The van der Waals surface area contributed by atoms with Crippen LogP contribution in [0.15, 0.2) is 71.6 Å². The lowest BCUT2D eigenvalue weighted by Gasteiger charge is -2.33. The molecule has 3 aromatic carbocycles. The van der Waals surface area contributed by atoms with E-state index in [-0.39, 0.29) is 29.1 Å². The fourth-order valence-corrected chi connectivity index (χ4v) is 5.99. The highest BCUT2D eigenvalue weighted by Gasteiger charge is 2.28. The lowest BCUT2D eigenvalue weighted by molar-refractivity contribution is -0.123. The molecule has 0 unspecified atom stereocenters. The van der Waals surface area contributed by atoms with E-state index in [9.17, 15) is 18.0 Å². The maximum absolute atomic E-state index is 13.4. The number of nitrogens with zero attached hydrogens (tertiary/aromatic N) is 1. The van der Waals surface area contributed by atoms with Gasteiger partial charge in [-0.2, -0.15) is 4.72 Å². The molecule has 0 spiro atoms. The Kier molecular flexibility index (Phi) is 8.82. The summed E-state index contributed by atoms with van der Waals surface area (Å²) in [7, 11) is -4.02. The topological polar surface area (TPSA) is 157 Å². The van der Waals surface area contributed by atoms with Crippen molar-refractivity contribution in [1.82, 2.24) is 14.9 Å². The highest BCUT2D eigenvalue weighted by molar-refractivity contribution is 7.89. The van der Waals surface area contributed by atoms with Gasteiger partial charge in [0.15, 0.2) is 5.96 Å². The molecule has 11 heteroatoms. The van der Waals surface area contributed by atoms with Gasteiger partial charge in [0.2, 0.25) is 21.8 Å². The van der Waals surface area contributed by atoms with Crippen LogP contribution < -0.4 is 21.1 Å². The zero-order chi connectivity index (χ0) is 28.0. The van der Waals surface area contributed by atoms with Crippen LogP contribution in [0.25, 0.3) is 10.8 Å². The van der Waals surface area contributed by atoms with Crippen molar-refractivity contribution >= 4 is 44.3 Å². The Bertz CT molecular complexity index is 1460. The lowest BCUT2D eigenvalue weighted by Crippen LogP contribution is -2.51. The number of fused-ring (bicyclic) bond motifs is 1. The molecule has 2 amide bonds. The van der Waals surface area contributed by atoms with Crippen LogP contribution in [0.1, 0.15) is 25.3 Å². The molecule has 1 saturated heterocycles. The van der Waals surface area contributed by atoms with Crippen molar-refractivity contribution in [3.05, 3.63) is 72.3 Å². The molecule has 0 aliphatic carbocycles. The van der Waals surface area contributed by atoms with Gasteiger partial charge in [0, 0.05) is 32.2 Å². The van der Waals surface area contributed by atoms with Crippen LogP contribution in [0.2, 0.25) is 0 Å². The van der Waals surface area contributed by atoms with Gasteiger partial charge in [-0.1, -0.05) is 42.5 Å². The number of likely N-dealkylation sites (tertiary alicyclic amines) is 1. The van der Waals surface area contributed by atoms with Gasteiger partial charge in [0.1, 0.15) is 6.04 Å². The quantitative estimate of drug-likeness (QED) is 0.203. The van der Waals surface area contributed by atoms with E-state index < -0.39 is 22.0 Å². The summed E-state index contributed by atoms with van der Waals surface area (Å²) in [6, 6.07) is 18.2. The van der Waals surface area contributed by atoms with E-state index >= 15 is 0 Å². The number of amides is 2. The highest BCUT2D eigenvalue weighted by Crippen LogP contribution is 2.20. The highest BCUT2D eigenvalue weighted by atomic mass is 32.2. The lowest BCUT2D eigenvalue weighted by atomic mass is 9.98. The molecule has 3 aromatic rings. The van der Waals surface area contributed by atoms with Gasteiger partial charge in [-0.05, 0) is 65.8 Å². The molecular formula is C28H34N6O4S. The molecule has 0 bridgehead atoms. The average molecular weight is 551 g/mol. The van der Waals surface area contributed by atoms with Crippen molar-refractivity contribution in [3.63, 3.8) is 0 Å². The standard InChI is InChI=1S/C28H34N6O4S/c1-19(35)32-24-11-8-20(9-12-24)15-26(27(36)31-17-21-5-4-14-34(18-21)28(29)30)33-39(37,38)25-13-10-22-6-2-3-7-23(22)16-25/h2-3,6-13,16,21,26,33H,4-5,14-15,17-18H2,1H3,(H3,29,30)(H,31,36)(H,32,35)/t21-,26-/m1/s1. The SMILES string of the molecule is CC(=O)Nc1ccc(C[C@@H](NS(=O)(=O)c2ccc3ccccc3c2)C(=O)NC[C@H]2CCCN(C(=N)N)C2)cc1. The van der Waals surface area contributed by atoms with Crippen molar-refractivity contribution in [1.29, 1.82) is 5.41 Å². The number of anilines is 1. The first-order valence-electron chi connectivity index (χ1n) is 12.8. The van der Waals surface area contributed by atoms with Gasteiger partial charge >= 0.3 is 0 Å². The minimum Gasteiger partial charge on any atom is -0.370 e. The predicted octanol–water partition coefficient (Wildman–Crippen LogP) is 2.41. The number of nitrogens with two attached hydrogens (primary N) is 1. The van der Waals surface area contributed by atoms with Crippen LogP contribution in [0, 0.1) is 11.3 Å². The van der Waals surface area contributed by atoms with Gasteiger partial charge in [0.05, 0.1) is 4.90 Å². The molecule has 1 aliphatic rings. The number of sulfonamides is 1. The number of rotatable bonds is 9. The minimum atomic E-state index is -4.02. The van der Waals surface area contributed by atoms with Crippen molar-refractivity contribution in [2.45, 2.75) is 37.1 Å². The second-order valence-corrected chi connectivity index (χ2v) is 11.6. The maximum atomic E-state index is 13.4. The summed E-state index contributed by atoms with van der Waals surface area (Å²) in [6.07, 6.45) is 1.85. The number of benzene rings is 3. The van der Waals surface area contributed by atoms with E-state index in [1.54, 1.807) is 41.3 Å². The Balaban J connectivity index is 1.52. The molecule has 1 aliphatic heterocycles. The average Bonchev–Trinajstić information content (AvgIpc) is 2.92. The Morgan fingerprint density at radius 2 is 1.79 bits per heavy atom. The Morgan fingerprint density at radius 3 is 2.49 bits per heavy atom. The smallest absolute Gasteiger partial charge is 0.241 e. The molecule has 206 valence electrons. The molecule has 10 nitrogen and oxygen atoms in total. The number of carbonyl (C=O) groups is 2. The number of guanidine groups is 1. The number of hydrogen-bond donors (Lipinski definition) is 5. The first-order valence-corrected chi connectivity index (χ1v) is 14.3. The molecule has 1 fully saturated rings. The summed E-state index contributed by atoms with van der Waals surface area (Å²) < 4.78 is 29.4.